The van der Waals surface area contributed by atoms with Gasteiger partial charge in [0.05, 0.1) is 18.5 Å². The third-order valence-electron chi connectivity index (χ3n) is 3.68. The third kappa shape index (κ3) is 2.97. The molecule has 2 aromatic rings. The average Bonchev–Trinajstić information content (AvgIpc) is 3.25. The summed E-state index contributed by atoms with van der Waals surface area (Å²) in [5.41, 5.74) is 2.68. The van der Waals surface area contributed by atoms with Crippen LogP contribution in [0.2, 0.25) is 0 Å². The predicted octanol–water partition coefficient (Wildman–Crippen LogP) is 1.78. The van der Waals surface area contributed by atoms with Crippen molar-refractivity contribution in [2.24, 2.45) is 0 Å². The highest BCUT2D eigenvalue weighted by Gasteiger charge is 2.32. The molecule has 1 amide bonds. The molecule has 5 nitrogen and oxygen atoms in total. The second-order valence-electron chi connectivity index (χ2n) is 5.46. The molecule has 1 aliphatic carbocycles. The van der Waals surface area contributed by atoms with E-state index in [1.807, 2.05) is 37.4 Å². The second kappa shape index (κ2) is 5.69. The van der Waals surface area contributed by atoms with E-state index in [1.165, 1.54) is 0 Å². The summed E-state index contributed by atoms with van der Waals surface area (Å²) in [5.74, 6) is -0.00486. The molecule has 1 saturated carbocycles. The zero-order chi connectivity index (χ0) is 14.8. The zero-order valence-corrected chi connectivity index (χ0v) is 12.1. The Hall–Kier alpha value is -2.14. The molecule has 0 aliphatic heterocycles. The number of aryl methyl sites for hydroxylation is 1. The first kappa shape index (κ1) is 13.8. The van der Waals surface area contributed by atoms with Crippen LogP contribution in [0.15, 0.2) is 36.7 Å². The lowest BCUT2D eigenvalue weighted by Gasteiger charge is -2.21. The van der Waals surface area contributed by atoms with Crippen molar-refractivity contribution in [2.75, 3.05) is 13.2 Å². The highest BCUT2D eigenvalue weighted by Crippen LogP contribution is 2.28. The molecule has 1 N–H and O–H groups in total. The maximum atomic E-state index is 12.5. The molecule has 21 heavy (non-hydrogen) atoms. The van der Waals surface area contributed by atoms with Crippen LogP contribution in [0.3, 0.4) is 0 Å². The second-order valence-corrected chi connectivity index (χ2v) is 5.46. The van der Waals surface area contributed by atoms with E-state index in [0.29, 0.717) is 18.2 Å². The molecule has 110 valence electrons. The maximum Gasteiger partial charge on any atom is 0.254 e. The number of benzene rings is 1. The number of amides is 1. The molecular formula is C16H19N3O2. The van der Waals surface area contributed by atoms with Gasteiger partial charge >= 0.3 is 0 Å². The Labute approximate surface area is 123 Å². The summed E-state index contributed by atoms with van der Waals surface area (Å²) in [7, 11) is 0. The van der Waals surface area contributed by atoms with E-state index in [9.17, 15) is 4.79 Å². The highest BCUT2D eigenvalue weighted by atomic mass is 16.3. The molecule has 0 radical (unpaired) electrons. The van der Waals surface area contributed by atoms with Crippen molar-refractivity contribution in [1.82, 2.24) is 14.7 Å². The number of aromatic nitrogens is 2. The average molecular weight is 285 g/mol. The molecule has 1 aromatic heterocycles. The van der Waals surface area contributed by atoms with E-state index < -0.39 is 0 Å². The van der Waals surface area contributed by atoms with Crippen LogP contribution in [-0.2, 0) is 0 Å². The summed E-state index contributed by atoms with van der Waals surface area (Å²) in [6, 6.07) is 7.73. The molecule has 1 fully saturated rings. The largest absolute Gasteiger partial charge is 0.395 e. The van der Waals surface area contributed by atoms with Crippen LogP contribution in [0.5, 0.6) is 0 Å². The summed E-state index contributed by atoms with van der Waals surface area (Å²) in [5, 5.41) is 13.4. The minimum Gasteiger partial charge on any atom is -0.395 e. The smallest absolute Gasteiger partial charge is 0.254 e. The zero-order valence-electron chi connectivity index (χ0n) is 12.1. The van der Waals surface area contributed by atoms with E-state index in [1.54, 1.807) is 15.8 Å². The van der Waals surface area contributed by atoms with Crippen LogP contribution in [-0.4, -0.2) is 44.9 Å². The monoisotopic (exact) mass is 285 g/mol. The van der Waals surface area contributed by atoms with Gasteiger partial charge in [-0.25, -0.2) is 4.68 Å². The van der Waals surface area contributed by atoms with Crippen LogP contribution in [0, 0.1) is 6.92 Å². The number of carbonyl (C=O) groups is 1. The molecule has 0 unspecified atom stereocenters. The lowest BCUT2D eigenvalue weighted by molar-refractivity contribution is 0.0707. The van der Waals surface area contributed by atoms with Crippen LogP contribution in [0.4, 0.5) is 0 Å². The van der Waals surface area contributed by atoms with Gasteiger partial charge in [-0.05, 0) is 49.6 Å². The van der Waals surface area contributed by atoms with Gasteiger partial charge in [0.2, 0.25) is 0 Å². The summed E-state index contributed by atoms with van der Waals surface area (Å²) >= 11 is 0. The van der Waals surface area contributed by atoms with E-state index >= 15 is 0 Å². The Morgan fingerprint density at radius 3 is 2.62 bits per heavy atom. The van der Waals surface area contributed by atoms with E-state index in [0.717, 1.165) is 24.1 Å². The molecule has 5 heteroatoms. The number of rotatable bonds is 5. The molecule has 0 atom stereocenters. The number of hydrogen-bond acceptors (Lipinski definition) is 3. The Morgan fingerprint density at radius 1 is 1.38 bits per heavy atom. The van der Waals surface area contributed by atoms with Gasteiger partial charge in [-0.3, -0.25) is 4.79 Å². The molecule has 0 saturated heterocycles. The van der Waals surface area contributed by atoms with Gasteiger partial charge < -0.3 is 10.0 Å². The molecule has 1 aliphatic rings. The maximum absolute atomic E-state index is 12.5. The number of carbonyl (C=O) groups excluding carboxylic acids is 1. The van der Waals surface area contributed by atoms with Crippen LogP contribution in [0.1, 0.15) is 28.8 Å². The number of aliphatic hydroxyl groups is 1. The van der Waals surface area contributed by atoms with Gasteiger partial charge in [0.15, 0.2) is 0 Å². The van der Waals surface area contributed by atoms with Crippen molar-refractivity contribution >= 4 is 5.91 Å². The summed E-state index contributed by atoms with van der Waals surface area (Å²) in [4.78, 5) is 14.2. The van der Waals surface area contributed by atoms with Crippen molar-refractivity contribution < 1.29 is 9.90 Å². The van der Waals surface area contributed by atoms with Gasteiger partial charge in [-0.2, -0.15) is 5.10 Å². The topological polar surface area (TPSA) is 58.4 Å². The minimum absolute atomic E-state index is 0.00486. The van der Waals surface area contributed by atoms with Crippen molar-refractivity contribution in [2.45, 2.75) is 25.8 Å². The first-order chi connectivity index (χ1) is 10.2. The summed E-state index contributed by atoms with van der Waals surface area (Å²) < 4.78 is 1.79. The van der Waals surface area contributed by atoms with Crippen molar-refractivity contribution in [3.8, 4) is 5.69 Å². The van der Waals surface area contributed by atoms with E-state index in [2.05, 4.69) is 5.10 Å². The Kier molecular flexibility index (Phi) is 3.75. The molecule has 1 aromatic carbocycles. The van der Waals surface area contributed by atoms with Crippen LogP contribution in [0.25, 0.3) is 5.69 Å². The van der Waals surface area contributed by atoms with Crippen LogP contribution < -0.4 is 0 Å². The molecular weight excluding hydrogens is 266 g/mol. The molecule has 0 bridgehead atoms. The van der Waals surface area contributed by atoms with Crippen LogP contribution >= 0.6 is 0 Å². The SMILES string of the molecule is Cc1cnn(-c2ccc(C(=O)N(CCO)C3CC3)cc2)c1. The van der Waals surface area contributed by atoms with E-state index in [4.69, 9.17) is 5.11 Å². The van der Waals surface area contributed by atoms with Gasteiger partial charge in [-0.15, -0.1) is 0 Å². The summed E-state index contributed by atoms with van der Waals surface area (Å²) in [6.45, 7) is 2.40. The van der Waals surface area contributed by atoms with Gasteiger partial charge in [-0.1, -0.05) is 0 Å². The van der Waals surface area contributed by atoms with Crippen molar-refractivity contribution in [1.29, 1.82) is 0 Å². The number of hydrogen-bond donors (Lipinski definition) is 1. The van der Waals surface area contributed by atoms with Gasteiger partial charge in [0.25, 0.3) is 5.91 Å². The lowest BCUT2D eigenvalue weighted by atomic mass is 10.1. The van der Waals surface area contributed by atoms with Crippen molar-refractivity contribution in [3.05, 3.63) is 47.8 Å². The molecule has 1 heterocycles. The van der Waals surface area contributed by atoms with E-state index in [-0.39, 0.29) is 12.5 Å². The van der Waals surface area contributed by atoms with Crippen molar-refractivity contribution in [3.63, 3.8) is 0 Å². The predicted molar refractivity (Wildman–Crippen MR) is 79.4 cm³/mol. The normalized spacial score (nSPS) is 14.2. The number of aliphatic hydroxyl groups excluding tert-OH is 1. The van der Waals surface area contributed by atoms with Gasteiger partial charge in [0.1, 0.15) is 0 Å². The lowest BCUT2D eigenvalue weighted by Crippen LogP contribution is -2.35. The first-order valence-corrected chi connectivity index (χ1v) is 7.22. The Balaban J connectivity index is 1.78. The standard InChI is InChI=1S/C16H19N3O2/c1-12-10-17-19(11-12)15-4-2-13(3-5-15)16(21)18(8-9-20)14-6-7-14/h2-5,10-11,14,20H,6-9H2,1H3. The summed E-state index contributed by atoms with van der Waals surface area (Å²) in [6.07, 6.45) is 5.82. The first-order valence-electron chi connectivity index (χ1n) is 7.22. The number of nitrogens with zero attached hydrogens (tertiary/aromatic N) is 3. The fourth-order valence-electron chi connectivity index (χ4n) is 2.42. The fraction of sp³-hybridized carbons (Fsp3) is 0.375. The molecule has 0 spiro atoms. The third-order valence-corrected chi connectivity index (χ3v) is 3.68. The quantitative estimate of drug-likeness (QED) is 0.911. The highest BCUT2D eigenvalue weighted by molar-refractivity contribution is 5.94. The minimum atomic E-state index is -0.00486. The fourth-order valence-corrected chi connectivity index (χ4v) is 2.42. The molecule has 3 rings (SSSR count). The van der Waals surface area contributed by atoms with Gasteiger partial charge in [0, 0.05) is 24.3 Å². The Bertz CT molecular complexity index is 629. The Morgan fingerprint density at radius 2 is 2.10 bits per heavy atom.